The average molecular weight is 153 g/mol. The Kier molecular flexibility index (Phi) is 3.00. The van der Waals surface area contributed by atoms with Crippen molar-refractivity contribution < 1.29 is 19.1 Å². The van der Waals surface area contributed by atoms with Gasteiger partial charge in [0.1, 0.15) is 6.29 Å². The molecule has 0 aliphatic heterocycles. The molecule has 0 saturated carbocycles. The van der Waals surface area contributed by atoms with Gasteiger partial charge in [-0.25, -0.2) is 0 Å². The van der Waals surface area contributed by atoms with Crippen LogP contribution < -0.4 is 5.73 Å². The lowest BCUT2D eigenvalue weighted by Gasteiger charge is -2.03. The molecule has 0 aromatic carbocycles. The molecular formula is C3H8NO4P. The topological polar surface area (TPSA) is 101 Å². The highest BCUT2D eigenvalue weighted by molar-refractivity contribution is 7.51. The third-order valence-corrected chi connectivity index (χ3v) is 1.52. The summed E-state index contributed by atoms with van der Waals surface area (Å²) in [6.45, 7) is 0. The molecule has 0 spiro atoms. The summed E-state index contributed by atoms with van der Waals surface area (Å²) in [5, 5.41) is 0. The van der Waals surface area contributed by atoms with E-state index in [-0.39, 0.29) is 0 Å². The number of carbonyl (C=O) groups is 1. The first kappa shape index (κ1) is 8.78. The molecule has 0 aliphatic carbocycles. The Balaban J connectivity index is 3.74. The van der Waals surface area contributed by atoms with Gasteiger partial charge in [0.25, 0.3) is 0 Å². The number of nitrogens with two attached hydrogens (primary N) is 1. The first-order chi connectivity index (χ1) is 3.95. The van der Waals surface area contributed by atoms with Crippen LogP contribution in [0.1, 0.15) is 0 Å². The number of carbonyl (C=O) groups excluding carboxylic acids is 1. The Labute approximate surface area is 52.0 Å². The van der Waals surface area contributed by atoms with Crippen LogP contribution in [0.3, 0.4) is 0 Å². The van der Waals surface area contributed by atoms with E-state index in [0.29, 0.717) is 6.29 Å². The van der Waals surface area contributed by atoms with Crippen molar-refractivity contribution in [3.05, 3.63) is 0 Å². The van der Waals surface area contributed by atoms with Crippen molar-refractivity contribution in [2.24, 2.45) is 5.73 Å². The third-order valence-electron chi connectivity index (χ3n) is 0.623. The summed E-state index contributed by atoms with van der Waals surface area (Å²) in [5.74, 6) is 0. The van der Waals surface area contributed by atoms with Gasteiger partial charge in [0, 0.05) is 0 Å². The minimum absolute atomic E-state index is 0.305. The lowest BCUT2D eigenvalue weighted by atomic mass is 10.4. The lowest BCUT2D eigenvalue weighted by Crippen LogP contribution is -2.25. The molecule has 5 nitrogen and oxygen atoms in total. The van der Waals surface area contributed by atoms with Crippen molar-refractivity contribution in [1.29, 1.82) is 0 Å². The second kappa shape index (κ2) is 3.08. The maximum Gasteiger partial charge on any atom is 0.327 e. The fourth-order valence-corrected chi connectivity index (χ4v) is 0.953. The number of hydrogen-bond donors (Lipinski definition) is 3. The van der Waals surface area contributed by atoms with Crippen LogP contribution >= 0.6 is 7.60 Å². The molecule has 4 N–H and O–H groups in total. The van der Waals surface area contributed by atoms with E-state index in [9.17, 15) is 9.36 Å². The van der Waals surface area contributed by atoms with Gasteiger partial charge in [-0.1, -0.05) is 0 Å². The molecule has 0 bridgehead atoms. The SMILES string of the molecule is N[C@H](C=O)CP(=O)(O)O. The molecule has 0 aliphatic rings. The van der Waals surface area contributed by atoms with Gasteiger partial charge in [-0.15, -0.1) is 0 Å². The van der Waals surface area contributed by atoms with Crippen LogP contribution in [0.4, 0.5) is 0 Å². The maximum absolute atomic E-state index is 10.1. The second-order valence-corrected chi connectivity index (χ2v) is 3.34. The Hall–Kier alpha value is -0.220. The summed E-state index contributed by atoms with van der Waals surface area (Å²) in [5.41, 5.74) is 4.90. The van der Waals surface area contributed by atoms with Crippen molar-refractivity contribution in [2.75, 3.05) is 6.16 Å². The number of rotatable bonds is 3. The van der Waals surface area contributed by atoms with Gasteiger partial charge in [0.05, 0.1) is 12.2 Å². The van der Waals surface area contributed by atoms with E-state index in [1.165, 1.54) is 0 Å². The predicted octanol–water partition coefficient (Wildman–Crippen LogP) is -1.31. The lowest BCUT2D eigenvalue weighted by molar-refractivity contribution is -0.108. The predicted molar refractivity (Wildman–Crippen MR) is 31.0 cm³/mol. The van der Waals surface area contributed by atoms with Crippen LogP contribution in [-0.2, 0) is 9.36 Å². The Morgan fingerprint density at radius 2 is 2.11 bits per heavy atom. The van der Waals surface area contributed by atoms with Gasteiger partial charge in [0.15, 0.2) is 0 Å². The van der Waals surface area contributed by atoms with E-state index in [1.807, 2.05) is 0 Å². The second-order valence-electron chi connectivity index (χ2n) is 1.65. The summed E-state index contributed by atoms with van der Waals surface area (Å²) in [6, 6.07) is -1.05. The molecule has 0 radical (unpaired) electrons. The van der Waals surface area contributed by atoms with Crippen molar-refractivity contribution in [3.63, 3.8) is 0 Å². The Morgan fingerprint density at radius 3 is 2.22 bits per heavy atom. The molecule has 0 unspecified atom stereocenters. The fraction of sp³-hybridized carbons (Fsp3) is 0.667. The number of aldehydes is 1. The highest BCUT2D eigenvalue weighted by Crippen LogP contribution is 2.33. The third kappa shape index (κ3) is 5.65. The Bertz CT molecular complexity index is 141. The summed E-state index contributed by atoms with van der Waals surface area (Å²) >= 11 is 0. The summed E-state index contributed by atoms with van der Waals surface area (Å²) in [7, 11) is -4.09. The van der Waals surface area contributed by atoms with Gasteiger partial charge in [-0.05, 0) is 0 Å². The van der Waals surface area contributed by atoms with Gasteiger partial charge < -0.3 is 20.3 Å². The minimum Gasteiger partial charge on any atom is -0.324 e. The summed E-state index contributed by atoms with van der Waals surface area (Å²) in [6.07, 6.45) is -0.268. The molecule has 0 aromatic heterocycles. The van der Waals surface area contributed by atoms with E-state index in [1.54, 1.807) is 0 Å². The zero-order valence-corrected chi connectivity index (χ0v) is 5.49. The van der Waals surface area contributed by atoms with E-state index < -0.39 is 19.8 Å². The largest absolute Gasteiger partial charge is 0.327 e. The first-order valence-corrected chi connectivity index (χ1v) is 4.01. The van der Waals surface area contributed by atoms with E-state index in [4.69, 9.17) is 15.5 Å². The first-order valence-electron chi connectivity index (χ1n) is 2.21. The van der Waals surface area contributed by atoms with Crippen LogP contribution in [0.5, 0.6) is 0 Å². The molecule has 54 valence electrons. The zero-order chi connectivity index (χ0) is 7.49. The average Bonchev–Trinajstić information content (AvgIpc) is 1.62. The van der Waals surface area contributed by atoms with Crippen LogP contribution in [0, 0.1) is 0 Å². The van der Waals surface area contributed by atoms with Crippen molar-refractivity contribution >= 4 is 13.9 Å². The molecule has 0 amide bonds. The molecular weight excluding hydrogens is 145 g/mol. The van der Waals surface area contributed by atoms with E-state index >= 15 is 0 Å². The van der Waals surface area contributed by atoms with Crippen molar-refractivity contribution in [1.82, 2.24) is 0 Å². The van der Waals surface area contributed by atoms with Gasteiger partial charge in [-0.2, -0.15) is 0 Å². The molecule has 9 heavy (non-hydrogen) atoms. The summed E-state index contributed by atoms with van der Waals surface area (Å²) < 4.78 is 10.1. The molecule has 1 atom stereocenters. The van der Waals surface area contributed by atoms with Crippen LogP contribution in [0.2, 0.25) is 0 Å². The molecule has 0 fully saturated rings. The molecule has 0 aromatic rings. The molecule has 0 saturated heterocycles. The van der Waals surface area contributed by atoms with Gasteiger partial charge in [-0.3, -0.25) is 4.57 Å². The normalized spacial score (nSPS) is 15.0. The maximum atomic E-state index is 10.1. The van der Waals surface area contributed by atoms with Gasteiger partial charge >= 0.3 is 7.60 Å². The Morgan fingerprint density at radius 1 is 1.67 bits per heavy atom. The van der Waals surface area contributed by atoms with Crippen molar-refractivity contribution in [2.45, 2.75) is 6.04 Å². The summed E-state index contributed by atoms with van der Waals surface area (Å²) in [4.78, 5) is 26.1. The van der Waals surface area contributed by atoms with E-state index in [0.717, 1.165) is 0 Å². The van der Waals surface area contributed by atoms with Crippen LogP contribution in [-0.4, -0.2) is 28.3 Å². The van der Waals surface area contributed by atoms with Crippen LogP contribution in [0.25, 0.3) is 0 Å². The number of hydrogen-bond acceptors (Lipinski definition) is 3. The fourth-order valence-electron chi connectivity index (χ4n) is 0.318. The standard InChI is InChI=1S/C3H8NO4P/c4-3(1-5)2-9(6,7)8/h1,3H,2,4H2,(H2,6,7,8)/t3-/m1/s1. The van der Waals surface area contributed by atoms with Crippen molar-refractivity contribution in [3.8, 4) is 0 Å². The highest BCUT2D eigenvalue weighted by atomic mass is 31.2. The minimum atomic E-state index is -4.09. The quantitative estimate of drug-likeness (QED) is 0.345. The smallest absolute Gasteiger partial charge is 0.324 e. The zero-order valence-electron chi connectivity index (χ0n) is 4.60. The van der Waals surface area contributed by atoms with E-state index in [2.05, 4.69) is 0 Å². The monoisotopic (exact) mass is 153 g/mol. The highest BCUT2D eigenvalue weighted by Gasteiger charge is 2.17. The molecule has 0 rings (SSSR count). The molecule has 6 heteroatoms. The van der Waals surface area contributed by atoms with Gasteiger partial charge in [0.2, 0.25) is 0 Å². The van der Waals surface area contributed by atoms with Crippen LogP contribution in [0.15, 0.2) is 0 Å². The molecule has 0 heterocycles.